The Kier molecular flexibility index (Phi) is 12.6. The molecule has 5 aromatic rings. The van der Waals surface area contributed by atoms with E-state index in [9.17, 15) is 24.3 Å². The molecule has 4 aliphatic heterocycles. The molecule has 4 aliphatic rings. The molecule has 0 saturated carbocycles. The predicted molar refractivity (Wildman–Crippen MR) is 252 cm³/mol. The van der Waals surface area contributed by atoms with Crippen LogP contribution < -0.4 is 66.4 Å². The Balaban J connectivity index is 0.974. The second kappa shape index (κ2) is 18.8. The normalized spacial score (nSPS) is 18.5. The predicted octanol–water partition coefficient (Wildman–Crippen LogP) is 4.23. The van der Waals surface area contributed by atoms with Crippen molar-refractivity contribution in [3.05, 3.63) is 124 Å². The number of aliphatic hydroxyl groups is 1. The highest BCUT2D eigenvalue weighted by molar-refractivity contribution is 6.13. The third-order valence-electron chi connectivity index (χ3n) is 12.5. The number of amides is 4. The number of ether oxygens (including phenoxy) is 4. The number of aliphatic hydroxyl groups excluding tert-OH is 1. The van der Waals surface area contributed by atoms with Crippen LogP contribution in [0.25, 0.3) is 0 Å². The summed E-state index contributed by atoms with van der Waals surface area (Å²) in [6.07, 6.45) is 0.164. The molecule has 1 unspecified atom stereocenters. The Morgan fingerprint density at radius 1 is 0.731 bits per heavy atom. The van der Waals surface area contributed by atoms with Crippen molar-refractivity contribution in [1.29, 1.82) is 0 Å². The van der Waals surface area contributed by atoms with Gasteiger partial charge >= 0.3 is 0 Å². The van der Waals surface area contributed by atoms with E-state index in [1.165, 1.54) is 14.2 Å². The van der Waals surface area contributed by atoms with E-state index in [0.29, 0.717) is 75.3 Å². The summed E-state index contributed by atoms with van der Waals surface area (Å²) < 4.78 is 24.3. The van der Waals surface area contributed by atoms with Gasteiger partial charge in [-0.3, -0.25) is 19.2 Å². The quantitative estimate of drug-likeness (QED) is 0.0691. The minimum atomic E-state index is -1.07. The fourth-order valence-electron chi connectivity index (χ4n) is 9.08. The van der Waals surface area contributed by atoms with Gasteiger partial charge in [0.15, 0.2) is 23.0 Å². The summed E-state index contributed by atoms with van der Waals surface area (Å²) in [7, 11) is 4.65. The first kappa shape index (κ1) is 44.8. The van der Waals surface area contributed by atoms with E-state index >= 15 is 0 Å². The number of hydrogen-bond donors (Lipinski definition) is 8. The van der Waals surface area contributed by atoms with Gasteiger partial charge in [0.25, 0.3) is 11.8 Å². The molecule has 0 spiro atoms. The van der Waals surface area contributed by atoms with Crippen molar-refractivity contribution >= 4 is 52.1 Å². The molecule has 0 fully saturated rings. The lowest BCUT2D eigenvalue weighted by Crippen LogP contribution is -2.54. The van der Waals surface area contributed by atoms with Crippen LogP contribution in [0.5, 0.6) is 23.0 Å². The number of nitrogens with one attached hydrogen (secondary N) is 7. The van der Waals surface area contributed by atoms with Crippen molar-refractivity contribution < 1.29 is 43.2 Å². The maximum Gasteiger partial charge on any atom is 0.260 e. The average Bonchev–Trinajstić information content (AvgIpc) is 3.85. The Labute approximate surface area is 387 Å². The zero-order valence-corrected chi connectivity index (χ0v) is 37.7. The van der Waals surface area contributed by atoms with Gasteiger partial charge in [-0.15, -0.1) is 0 Å². The lowest BCUT2D eigenvalue weighted by atomic mass is 10.1. The molecule has 0 aliphatic carbocycles. The van der Waals surface area contributed by atoms with Gasteiger partial charge in [0, 0.05) is 35.7 Å². The molecule has 9 rings (SSSR count). The number of hydrazine groups is 2. The number of fused-ring (bicyclic) bond motifs is 8. The number of benzene rings is 5. The average molecular weight is 912 g/mol. The lowest BCUT2D eigenvalue weighted by molar-refractivity contribution is -0.127. The molecule has 18 heteroatoms. The highest BCUT2D eigenvalue weighted by Gasteiger charge is 2.42. The third kappa shape index (κ3) is 8.86. The number of carbonyl (C=O) groups excluding carboxylic acids is 4. The molecular formula is C49H53N9O9. The number of nitrogens with zero attached hydrogens (tertiary/aromatic N) is 2. The number of anilines is 5. The van der Waals surface area contributed by atoms with Crippen molar-refractivity contribution in [3.8, 4) is 23.0 Å². The number of para-hydroxylation sites is 2. The topological polar surface area (TPSA) is 216 Å². The summed E-state index contributed by atoms with van der Waals surface area (Å²) in [4.78, 5) is 58.0. The number of rotatable bonds is 15. The zero-order valence-electron chi connectivity index (χ0n) is 37.7. The van der Waals surface area contributed by atoms with Gasteiger partial charge < -0.3 is 55.1 Å². The SMILES string of the molecule is CNNN[C@H](C)C(=O)N[C@@H](C)C(=O)Nc1cc(COc2cc3c(cc2OC)C(=O)N2c4ccccc4C[C@H]2CN3)cc(COc2cc3c(cc2OC)C(=O)N2c4ccccc4C[C@H]2C(O)N3)c1. The number of hydrogen-bond acceptors (Lipinski definition) is 14. The number of methoxy groups -OCH3 is 2. The van der Waals surface area contributed by atoms with E-state index in [0.717, 1.165) is 28.9 Å². The Morgan fingerprint density at radius 2 is 1.31 bits per heavy atom. The summed E-state index contributed by atoms with van der Waals surface area (Å²) in [5.41, 5.74) is 15.3. The maximum absolute atomic E-state index is 14.1. The number of carbonyl (C=O) groups is 4. The van der Waals surface area contributed by atoms with Gasteiger partial charge in [-0.25, -0.2) is 10.9 Å². The molecule has 4 amide bonds. The monoisotopic (exact) mass is 911 g/mol. The first-order valence-electron chi connectivity index (χ1n) is 22.1. The molecule has 18 nitrogen and oxygen atoms in total. The molecule has 0 radical (unpaired) electrons. The van der Waals surface area contributed by atoms with Gasteiger partial charge in [-0.2, -0.15) is 5.53 Å². The molecule has 4 heterocycles. The van der Waals surface area contributed by atoms with Crippen LogP contribution in [0.2, 0.25) is 0 Å². The van der Waals surface area contributed by atoms with Crippen LogP contribution in [-0.2, 0) is 35.6 Å². The van der Waals surface area contributed by atoms with Crippen LogP contribution in [0.15, 0.2) is 91.0 Å². The summed E-state index contributed by atoms with van der Waals surface area (Å²) in [5.74, 6) is 0.0778. The minimum Gasteiger partial charge on any atom is -0.493 e. The van der Waals surface area contributed by atoms with E-state index in [-0.39, 0.29) is 31.1 Å². The minimum absolute atomic E-state index is 0.0166. The summed E-state index contributed by atoms with van der Waals surface area (Å²) in [6, 6.07) is 25.5. The summed E-state index contributed by atoms with van der Waals surface area (Å²) in [5, 5.41) is 23.6. The van der Waals surface area contributed by atoms with E-state index in [1.54, 1.807) is 62.2 Å². The van der Waals surface area contributed by atoms with Crippen molar-refractivity contribution in [2.24, 2.45) is 0 Å². The Morgan fingerprint density at radius 3 is 1.96 bits per heavy atom. The van der Waals surface area contributed by atoms with E-state index < -0.39 is 36.2 Å². The molecule has 0 bridgehead atoms. The molecule has 5 aromatic carbocycles. The molecular weight excluding hydrogens is 859 g/mol. The van der Waals surface area contributed by atoms with Gasteiger partial charge in [-0.1, -0.05) is 36.4 Å². The lowest BCUT2D eigenvalue weighted by Gasteiger charge is -2.26. The Hall–Kier alpha value is -7.38. The van der Waals surface area contributed by atoms with Gasteiger partial charge in [0.2, 0.25) is 11.8 Å². The van der Waals surface area contributed by atoms with Gasteiger partial charge in [0.05, 0.1) is 54.8 Å². The van der Waals surface area contributed by atoms with Crippen molar-refractivity contribution in [3.63, 3.8) is 0 Å². The molecule has 5 atom stereocenters. The standard InChI is InChI=1S/C49H53N9O9/c1-26(52-46(60)27(2)55-56-50-3)45(59)53-32-15-28(24-66-43-21-36-34(19-41(43)64-4)48(62)57-33(23-51-36)17-30-10-6-8-12-38(30)57)14-29(16-32)25-67-44-22-37-35(20-42(44)65-5)49(63)58-39-13-9-7-11-31(39)18-40(58)47(61)54-37/h6-16,19-22,26-27,33,40,47,50-51,54-56,61H,17-18,23-25H2,1-5H3,(H,52,60)(H,53,59)/t26-,27+,33-,40-,47?/m0/s1. The molecule has 8 N–H and O–H groups in total. The van der Waals surface area contributed by atoms with Crippen LogP contribution in [0.4, 0.5) is 28.4 Å². The molecule has 348 valence electrons. The molecule has 0 saturated heterocycles. The first-order chi connectivity index (χ1) is 32.4. The second-order valence-electron chi connectivity index (χ2n) is 16.9. The fraction of sp³-hybridized carbons (Fsp3) is 0.306. The van der Waals surface area contributed by atoms with Crippen LogP contribution in [0.1, 0.15) is 56.8 Å². The van der Waals surface area contributed by atoms with Gasteiger partial charge in [0.1, 0.15) is 25.5 Å². The van der Waals surface area contributed by atoms with Crippen LogP contribution in [0.3, 0.4) is 0 Å². The summed E-state index contributed by atoms with van der Waals surface area (Å²) >= 11 is 0. The van der Waals surface area contributed by atoms with Crippen molar-refractivity contribution in [2.75, 3.05) is 53.6 Å². The highest BCUT2D eigenvalue weighted by Crippen LogP contribution is 2.43. The summed E-state index contributed by atoms with van der Waals surface area (Å²) in [6.45, 7) is 3.77. The van der Waals surface area contributed by atoms with E-state index in [4.69, 9.17) is 18.9 Å². The highest BCUT2D eigenvalue weighted by atomic mass is 16.5. The third-order valence-corrected chi connectivity index (χ3v) is 12.5. The molecule has 0 aromatic heterocycles. The van der Waals surface area contributed by atoms with Crippen LogP contribution in [0, 0.1) is 0 Å². The van der Waals surface area contributed by atoms with E-state index in [1.807, 2.05) is 53.4 Å². The van der Waals surface area contributed by atoms with Crippen LogP contribution in [-0.4, -0.2) is 86.9 Å². The Bertz CT molecular complexity index is 2750. The van der Waals surface area contributed by atoms with Crippen molar-refractivity contribution in [1.82, 2.24) is 21.7 Å². The first-order valence-corrected chi connectivity index (χ1v) is 22.1. The van der Waals surface area contributed by atoms with Gasteiger partial charge in [-0.05, 0) is 98.5 Å². The zero-order chi connectivity index (χ0) is 46.9. The van der Waals surface area contributed by atoms with Crippen LogP contribution >= 0.6 is 0 Å². The van der Waals surface area contributed by atoms with E-state index in [2.05, 4.69) is 43.7 Å². The van der Waals surface area contributed by atoms with Crippen molar-refractivity contribution in [2.45, 2.75) is 70.3 Å². The largest absolute Gasteiger partial charge is 0.493 e. The maximum atomic E-state index is 14.1. The smallest absolute Gasteiger partial charge is 0.260 e. The fourth-order valence-corrected chi connectivity index (χ4v) is 9.08. The molecule has 67 heavy (non-hydrogen) atoms. The second-order valence-corrected chi connectivity index (χ2v) is 16.9.